The molecule has 0 saturated heterocycles. The first-order valence-corrected chi connectivity index (χ1v) is 10.8. The lowest BCUT2D eigenvalue weighted by atomic mass is 10.1. The van der Waals surface area contributed by atoms with Crippen molar-refractivity contribution in [3.8, 4) is 0 Å². The summed E-state index contributed by atoms with van der Waals surface area (Å²) in [5.41, 5.74) is 2.89. The average Bonchev–Trinajstić information content (AvgIpc) is 2.75. The molecule has 0 bridgehead atoms. The molecule has 31 heavy (non-hydrogen) atoms. The van der Waals surface area contributed by atoms with E-state index < -0.39 is 11.9 Å². The number of fused-ring (bicyclic) bond motifs is 1. The number of aliphatic hydroxyl groups excluding tert-OH is 1. The van der Waals surface area contributed by atoms with Crippen LogP contribution in [0.15, 0.2) is 52.4 Å². The van der Waals surface area contributed by atoms with Gasteiger partial charge in [0.2, 0.25) is 5.91 Å². The van der Waals surface area contributed by atoms with Crippen molar-refractivity contribution in [2.24, 2.45) is 0 Å². The number of rotatable bonds is 7. The first-order chi connectivity index (χ1) is 14.9. The van der Waals surface area contributed by atoms with Crippen LogP contribution in [0.2, 0.25) is 0 Å². The van der Waals surface area contributed by atoms with Crippen molar-refractivity contribution in [1.29, 1.82) is 0 Å². The molecule has 0 aliphatic heterocycles. The Kier molecular flexibility index (Phi) is 7.43. The van der Waals surface area contributed by atoms with Gasteiger partial charge in [-0.05, 0) is 49.6 Å². The Morgan fingerprint density at radius 2 is 1.90 bits per heavy atom. The summed E-state index contributed by atoms with van der Waals surface area (Å²) in [5, 5.41) is 15.0. The number of para-hydroxylation sites is 1. The van der Waals surface area contributed by atoms with Gasteiger partial charge in [-0.15, -0.1) is 0 Å². The maximum Gasteiger partial charge on any atom is 0.325 e. The number of benzene rings is 2. The fourth-order valence-electron chi connectivity index (χ4n) is 3.02. The number of thioether (sulfide) groups is 1. The maximum absolute atomic E-state index is 12.8. The van der Waals surface area contributed by atoms with E-state index in [1.807, 2.05) is 26.0 Å². The monoisotopic (exact) mass is 440 g/mol. The third kappa shape index (κ3) is 5.50. The lowest BCUT2D eigenvalue weighted by Gasteiger charge is -2.13. The van der Waals surface area contributed by atoms with Crippen LogP contribution in [0.1, 0.15) is 17.5 Å². The normalized spacial score (nSPS) is 10.8. The number of nitrogens with one attached hydrogen (secondary N) is 2. The number of hydrogen-bond acceptors (Lipinski definition) is 6. The highest BCUT2D eigenvalue weighted by atomic mass is 32.2. The number of aromatic nitrogens is 2. The zero-order valence-electron chi connectivity index (χ0n) is 17.3. The van der Waals surface area contributed by atoms with Gasteiger partial charge in [-0.25, -0.2) is 9.78 Å². The lowest BCUT2D eigenvalue weighted by molar-refractivity contribution is -0.117. The number of carbonyl (C=O) groups excluding carboxylic acids is 2. The second kappa shape index (κ2) is 10.2. The van der Waals surface area contributed by atoms with Gasteiger partial charge in [0.05, 0.1) is 16.7 Å². The Labute approximate surface area is 183 Å². The number of urea groups is 1. The summed E-state index contributed by atoms with van der Waals surface area (Å²) in [7, 11) is 0. The van der Waals surface area contributed by atoms with Crippen molar-refractivity contribution in [2.45, 2.75) is 32.0 Å². The molecule has 162 valence electrons. The highest BCUT2D eigenvalue weighted by Crippen LogP contribution is 2.19. The van der Waals surface area contributed by atoms with E-state index in [-0.39, 0.29) is 24.5 Å². The van der Waals surface area contributed by atoms with E-state index in [2.05, 4.69) is 15.6 Å². The summed E-state index contributed by atoms with van der Waals surface area (Å²) in [6, 6.07) is 11.9. The lowest BCUT2D eigenvalue weighted by Crippen LogP contribution is -2.36. The predicted octanol–water partition coefficient (Wildman–Crippen LogP) is 2.84. The molecule has 3 aromatic rings. The number of amides is 3. The third-order valence-electron chi connectivity index (χ3n) is 4.80. The fourth-order valence-corrected chi connectivity index (χ4v) is 3.84. The van der Waals surface area contributed by atoms with Gasteiger partial charge in [-0.1, -0.05) is 36.0 Å². The van der Waals surface area contributed by atoms with Crippen molar-refractivity contribution in [3.05, 3.63) is 63.9 Å². The second-order valence-electron chi connectivity index (χ2n) is 6.98. The summed E-state index contributed by atoms with van der Waals surface area (Å²) in [5.74, 6) is -0.603. The van der Waals surface area contributed by atoms with Gasteiger partial charge in [0.1, 0.15) is 0 Å². The van der Waals surface area contributed by atoms with E-state index in [4.69, 9.17) is 5.11 Å². The topological polar surface area (TPSA) is 113 Å². The van der Waals surface area contributed by atoms with Crippen LogP contribution in [0.5, 0.6) is 0 Å². The minimum absolute atomic E-state index is 0.0671. The minimum Gasteiger partial charge on any atom is -0.396 e. The smallest absolute Gasteiger partial charge is 0.325 e. The Morgan fingerprint density at radius 3 is 2.68 bits per heavy atom. The van der Waals surface area contributed by atoms with E-state index in [0.29, 0.717) is 28.2 Å². The Hall–Kier alpha value is -3.17. The number of imide groups is 1. The Balaban J connectivity index is 1.69. The van der Waals surface area contributed by atoms with Crippen molar-refractivity contribution in [1.82, 2.24) is 14.9 Å². The maximum atomic E-state index is 12.8. The molecule has 2 aromatic carbocycles. The van der Waals surface area contributed by atoms with Crippen molar-refractivity contribution < 1.29 is 14.7 Å². The highest BCUT2D eigenvalue weighted by molar-refractivity contribution is 7.99. The van der Waals surface area contributed by atoms with Crippen LogP contribution in [0, 0.1) is 13.8 Å². The molecule has 0 spiro atoms. The van der Waals surface area contributed by atoms with E-state index in [1.54, 1.807) is 30.3 Å². The van der Waals surface area contributed by atoms with E-state index in [0.717, 1.165) is 22.9 Å². The van der Waals surface area contributed by atoms with Crippen LogP contribution < -0.4 is 16.2 Å². The zero-order valence-corrected chi connectivity index (χ0v) is 18.2. The molecule has 3 rings (SSSR count). The van der Waals surface area contributed by atoms with Gasteiger partial charge in [-0.2, -0.15) is 0 Å². The third-order valence-corrected chi connectivity index (χ3v) is 5.78. The van der Waals surface area contributed by atoms with E-state index in [1.165, 1.54) is 4.57 Å². The molecular weight excluding hydrogens is 416 g/mol. The summed E-state index contributed by atoms with van der Waals surface area (Å²) in [6.45, 7) is 4.04. The standard InChI is InChI=1S/C22H24N4O4S/c1-14-7-5-10-17(15(14)2)23-21(30)25-19(28)13-31-22-24-18-9-4-3-8-16(18)20(29)26(22)11-6-12-27/h3-5,7-10,27H,6,11-13H2,1-2H3,(H2,23,25,28,30). The van der Waals surface area contributed by atoms with E-state index in [9.17, 15) is 14.4 Å². The minimum atomic E-state index is -0.622. The summed E-state index contributed by atoms with van der Waals surface area (Å²) in [4.78, 5) is 41.8. The number of aryl methyl sites for hydroxylation is 1. The van der Waals surface area contributed by atoms with Crippen LogP contribution in [-0.4, -0.2) is 39.0 Å². The largest absolute Gasteiger partial charge is 0.396 e. The molecule has 0 radical (unpaired) electrons. The van der Waals surface area contributed by atoms with Gasteiger partial charge in [-0.3, -0.25) is 19.5 Å². The SMILES string of the molecule is Cc1cccc(NC(=O)NC(=O)CSc2nc3ccccc3c(=O)n2CCCO)c1C. The molecular formula is C22H24N4O4S. The molecule has 1 heterocycles. The highest BCUT2D eigenvalue weighted by Gasteiger charge is 2.15. The van der Waals surface area contributed by atoms with Gasteiger partial charge in [0.15, 0.2) is 5.16 Å². The van der Waals surface area contributed by atoms with Crippen molar-refractivity contribution in [3.63, 3.8) is 0 Å². The summed E-state index contributed by atoms with van der Waals surface area (Å²) in [6.07, 6.45) is 0.387. The molecule has 3 amide bonds. The second-order valence-corrected chi connectivity index (χ2v) is 7.93. The van der Waals surface area contributed by atoms with Crippen LogP contribution >= 0.6 is 11.8 Å². The van der Waals surface area contributed by atoms with Crippen LogP contribution in [0.4, 0.5) is 10.5 Å². The zero-order chi connectivity index (χ0) is 22.4. The van der Waals surface area contributed by atoms with Crippen LogP contribution in [0.25, 0.3) is 10.9 Å². The average molecular weight is 441 g/mol. The number of anilines is 1. The molecule has 0 fully saturated rings. The molecule has 3 N–H and O–H groups in total. The molecule has 1 aromatic heterocycles. The van der Waals surface area contributed by atoms with Crippen LogP contribution in [-0.2, 0) is 11.3 Å². The Morgan fingerprint density at radius 1 is 1.13 bits per heavy atom. The quantitative estimate of drug-likeness (QED) is 0.385. The van der Waals surface area contributed by atoms with Gasteiger partial charge in [0, 0.05) is 18.8 Å². The molecule has 0 saturated carbocycles. The van der Waals surface area contributed by atoms with Crippen LogP contribution in [0.3, 0.4) is 0 Å². The number of nitrogens with zero attached hydrogens (tertiary/aromatic N) is 2. The molecule has 8 nitrogen and oxygen atoms in total. The predicted molar refractivity (Wildman–Crippen MR) is 122 cm³/mol. The van der Waals surface area contributed by atoms with Gasteiger partial charge < -0.3 is 10.4 Å². The molecule has 0 unspecified atom stereocenters. The number of carbonyl (C=O) groups is 2. The first-order valence-electron chi connectivity index (χ1n) is 9.81. The number of hydrogen-bond donors (Lipinski definition) is 3. The van der Waals surface area contributed by atoms with Crippen molar-refractivity contribution >= 4 is 40.3 Å². The van der Waals surface area contributed by atoms with Gasteiger partial charge in [0.25, 0.3) is 5.56 Å². The first kappa shape index (κ1) is 22.5. The molecule has 0 aliphatic rings. The number of aliphatic hydroxyl groups is 1. The molecule has 9 heteroatoms. The fraction of sp³-hybridized carbons (Fsp3) is 0.273. The summed E-state index contributed by atoms with van der Waals surface area (Å²) >= 11 is 1.07. The van der Waals surface area contributed by atoms with Gasteiger partial charge >= 0.3 is 6.03 Å². The molecule has 0 atom stereocenters. The molecule has 0 aliphatic carbocycles. The van der Waals surface area contributed by atoms with E-state index >= 15 is 0 Å². The Bertz CT molecular complexity index is 1180. The van der Waals surface area contributed by atoms with Crippen molar-refractivity contribution in [2.75, 3.05) is 17.7 Å². The summed E-state index contributed by atoms with van der Waals surface area (Å²) < 4.78 is 1.45.